The fourth-order valence-electron chi connectivity index (χ4n) is 10.1. The first-order chi connectivity index (χ1) is 31.4. The quantitative estimate of drug-likeness (QED) is 0.160. The van der Waals surface area contributed by atoms with Crippen molar-refractivity contribution < 1.29 is 4.74 Å². The highest BCUT2D eigenvalue weighted by Crippen LogP contribution is 2.51. The number of fused-ring (bicyclic) bond motifs is 8. The van der Waals surface area contributed by atoms with Crippen molar-refractivity contribution in [2.45, 2.75) is 27.7 Å². The molecule has 8 aromatic carbocycles. The Bertz CT molecular complexity index is 3600. The Hall–Kier alpha value is -7.67. The molecular formula is C58H44N4OS. The van der Waals surface area contributed by atoms with Crippen LogP contribution in [0, 0.1) is 27.7 Å². The van der Waals surface area contributed by atoms with E-state index in [-0.39, 0.29) is 0 Å². The third kappa shape index (κ3) is 6.24. The van der Waals surface area contributed by atoms with Crippen LogP contribution in [0.3, 0.4) is 0 Å². The molecule has 0 atom stereocenters. The number of anilines is 4. The van der Waals surface area contributed by atoms with Gasteiger partial charge in [-0.25, -0.2) is 4.98 Å². The molecule has 0 spiro atoms. The lowest BCUT2D eigenvalue weighted by atomic mass is 9.93. The van der Waals surface area contributed by atoms with Crippen LogP contribution in [0.1, 0.15) is 22.3 Å². The molecule has 64 heavy (non-hydrogen) atoms. The zero-order valence-electron chi connectivity index (χ0n) is 36.1. The van der Waals surface area contributed by atoms with Crippen molar-refractivity contribution in [3.05, 3.63) is 204 Å². The molecule has 0 saturated heterocycles. The summed E-state index contributed by atoms with van der Waals surface area (Å²) >= 11 is 1.84. The molecule has 0 saturated carbocycles. The molecule has 0 amide bonds. The number of pyridine rings is 1. The lowest BCUT2D eigenvalue weighted by Crippen LogP contribution is -2.25. The Kier molecular flexibility index (Phi) is 8.92. The van der Waals surface area contributed by atoms with Gasteiger partial charge in [0, 0.05) is 60.6 Å². The molecule has 0 N–H and O–H groups in total. The van der Waals surface area contributed by atoms with Crippen LogP contribution in [0.25, 0.3) is 70.0 Å². The maximum Gasteiger partial charge on any atom is 0.137 e. The first-order valence-electron chi connectivity index (χ1n) is 21.9. The molecular weight excluding hydrogens is 801 g/mol. The molecule has 6 heteroatoms. The second kappa shape index (κ2) is 15.0. The molecule has 0 unspecified atom stereocenters. The van der Waals surface area contributed by atoms with Gasteiger partial charge in [0.15, 0.2) is 0 Å². The molecule has 0 bridgehead atoms. The zero-order valence-corrected chi connectivity index (χ0v) is 36.9. The van der Waals surface area contributed by atoms with Gasteiger partial charge in [-0.1, -0.05) is 109 Å². The fraction of sp³-hybridized carbons (Fsp3) is 0.0862. The smallest absolute Gasteiger partial charge is 0.137 e. The van der Waals surface area contributed by atoms with E-state index in [1.54, 1.807) is 0 Å². The molecule has 3 aromatic heterocycles. The predicted molar refractivity (Wildman–Crippen MR) is 270 cm³/mol. The van der Waals surface area contributed by atoms with Crippen molar-refractivity contribution in [3.8, 4) is 39.6 Å². The molecule has 308 valence electrons. The van der Waals surface area contributed by atoms with Gasteiger partial charge in [0.05, 0.1) is 22.4 Å². The summed E-state index contributed by atoms with van der Waals surface area (Å²) in [5, 5.41) is 4.88. The van der Waals surface area contributed by atoms with Crippen LogP contribution in [0.4, 0.5) is 22.7 Å². The van der Waals surface area contributed by atoms with E-state index in [0.717, 1.165) is 45.2 Å². The summed E-state index contributed by atoms with van der Waals surface area (Å²) in [6, 6.07) is 63.4. The number of hydrogen-bond acceptors (Lipinski definition) is 5. The van der Waals surface area contributed by atoms with Crippen LogP contribution in [0.2, 0.25) is 0 Å². The molecule has 1 aliphatic rings. The molecule has 0 aliphatic carbocycles. The second-order valence-corrected chi connectivity index (χ2v) is 18.2. The standard InChI is InChI=1S/C58H44N4OS/c1-36-26-27-59-55(30-36)62-50-32-44(22-23-45(50)46-24-25-54-56(58(46)62)47-20-11-12-21-53(47)64-54)63-43-19-13-18-42(31-43)60-35-61(57-38(3)28-37(2)29-39(57)4)52-34-49(41-16-9-6-10-17-41)48(33-51(52)60)40-14-7-5-8-15-40/h5-34H,35H2,1-4H3. The van der Waals surface area contributed by atoms with Crippen molar-refractivity contribution in [2.24, 2.45) is 0 Å². The fourth-order valence-corrected chi connectivity index (χ4v) is 11.2. The summed E-state index contributed by atoms with van der Waals surface area (Å²) < 4.78 is 11.8. The second-order valence-electron chi connectivity index (χ2n) is 17.1. The van der Waals surface area contributed by atoms with Crippen LogP contribution < -0.4 is 14.5 Å². The summed E-state index contributed by atoms with van der Waals surface area (Å²) in [5.41, 5.74) is 16.6. The van der Waals surface area contributed by atoms with E-state index in [0.29, 0.717) is 6.67 Å². The highest BCUT2D eigenvalue weighted by atomic mass is 32.1. The molecule has 5 nitrogen and oxygen atoms in total. The number of rotatable bonds is 7. The zero-order chi connectivity index (χ0) is 43.1. The normalized spacial score (nSPS) is 12.6. The lowest BCUT2D eigenvalue weighted by molar-refractivity contribution is 0.483. The average Bonchev–Trinajstić information content (AvgIpc) is 3.98. The van der Waals surface area contributed by atoms with Gasteiger partial charge in [-0.05, 0) is 127 Å². The summed E-state index contributed by atoms with van der Waals surface area (Å²) in [7, 11) is 0. The molecule has 11 aromatic rings. The van der Waals surface area contributed by atoms with E-state index < -0.39 is 0 Å². The number of nitrogens with zero attached hydrogens (tertiary/aromatic N) is 4. The Morgan fingerprint density at radius 2 is 1.19 bits per heavy atom. The number of hydrogen-bond donors (Lipinski definition) is 0. The highest BCUT2D eigenvalue weighted by molar-refractivity contribution is 7.26. The van der Waals surface area contributed by atoms with Crippen molar-refractivity contribution in [1.82, 2.24) is 9.55 Å². The van der Waals surface area contributed by atoms with Gasteiger partial charge in [-0.15, -0.1) is 11.3 Å². The van der Waals surface area contributed by atoms with Crippen molar-refractivity contribution in [3.63, 3.8) is 0 Å². The number of aryl methyl sites for hydroxylation is 4. The van der Waals surface area contributed by atoms with Gasteiger partial charge in [0.2, 0.25) is 0 Å². The molecule has 12 rings (SSSR count). The predicted octanol–water partition coefficient (Wildman–Crippen LogP) is 16.2. The molecule has 0 fully saturated rings. The van der Waals surface area contributed by atoms with Crippen molar-refractivity contribution >= 4 is 76.1 Å². The van der Waals surface area contributed by atoms with E-state index in [9.17, 15) is 0 Å². The van der Waals surface area contributed by atoms with Crippen LogP contribution in [0.5, 0.6) is 11.5 Å². The first kappa shape index (κ1) is 38.0. The topological polar surface area (TPSA) is 33.5 Å². The molecule has 1 aliphatic heterocycles. The van der Waals surface area contributed by atoms with E-state index in [2.05, 4.69) is 218 Å². The average molecular weight is 845 g/mol. The summed E-state index contributed by atoms with van der Waals surface area (Å²) in [4.78, 5) is 9.88. The van der Waals surface area contributed by atoms with E-state index in [4.69, 9.17) is 9.72 Å². The van der Waals surface area contributed by atoms with E-state index >= 15 is 0 Å². The Labute approximate surface area is 376 Å². The summed E-state index contributed by atoms with van der Waals surface area (Å²) in [6.07, 6.45) is 1.91. The number of benzene rings is 8. The van der Waals surface area contributed by atoms with E-state index in [1.165, 1.54) is 81.4 Å². The Morgan fingerprint density at radius 1 is 0.516 bits per heavy atom. The van der Waals surface area contributed by atoms with Crippen LogP contribution in [0.15, 0.2) is 182 Å². The van der Waals surface area contributed by atoms with Crippen molar-refractivity contribution in [2.75, 3.05) is 16.5 Å². The maximum atomic E-state index is 6.89. The monoisotopic (exact) mass is 844 g/mol. The third-order valence-corrected chi connectivity index (χ3v) is 13.9. The van der Waals surface area contributed by atoms with Gasteiger partial charge < -0.3 is 14.5 Å². The Morgan fingerprint density at radius 3 is 1.92 bits per heavy atom. The molecule has 0 radical (unpaired) electrons. The largest absolute Gasteiger partial charge is 0.457 e. The van der Waals surface area contributed by atoms with Gasteiger partial charge in [0.25, 0.3) is 0 Å². The van der Waals surface area contributed by atoms with Gasteiger partial charge in [-0.3, -0.25) is 4.57 Å². The van der Waals surface area contributed by atoms with Gasteiger partial charge >= 0.3 is 0 Å². The van der Waals surface area contributed by atoms with Crippen LogP contribution in [-0.4, -0.2) is 16.2 Å². The van der Waals surface area contributed by atoms with Crippen LogP contribution in [-0.2, 0) is 0 Å². The minimum absolute atomic E-state index is 0.650. The maximum absolute atomic E-state index is 6.89. The number of thiophene rings is 1. The van der Waals surface area contributed by atoms with Crippen molar-refractivity contribution in [1.29, 1.82) is 0 Å². The molecule has 4 heterocycles. The third-order valence-electron chi connectivity index (χ3n) is 12.8. The first-order valence-corrected chi connectivity index (χ1v) is 22.7. The van der Waals surface area contributed by atoms with Gasteiger partial charge in [-0.2, -0.15) is 0 Å². The SMILES string of the molecule is Cc1ccnc(-n2c3cc(Oc4cccc(N5CN(c6c(C)cc(C)cc6C)c6cc(-c7ccccc7)c(-c7ccccc7)cc65)c4)ccc3c3ccc4sc5ccccc5c4c32)c1. The Balaban J connectivity index is 0.995. The van der Waals surface area contributed by atoms with E-state index in [1.807, 2.05) is 17.5 Å². The summed E-state index contributed by atoms with van der Waals surface area (Å²) in [5.74, 6) is 2.43. The number of aromatic nitrogens is 2. The van der Waals surface area contributed by atoms with Crippen LogP contribution >= 0.6 is 11.3 Å². The minimum Gasteiger partial charge on any atom is -0.457 e. The lowest BCUT2D eigenvalue weighted by Gasteiger charge is -2.26. The number of ether oxygens (including phenoxy) is 1. The summed E-state index contributed by atoms with van der Waals surface area (Å²) in [6.45, 7) is 9.43. The minimum atomic E-state index is 0.650. The highest BCUT2D eigenvalue weighted by Gasteiger charge is 2.32. The van der Waals surface area contributed by atoms with Gasteiger partial charge in [0.1, 0.15) is 24.0 Å².